The number of nitrogens with zero attached hydrogens (tertiary/aromatic N) is 3. The minimum Gasteiger partial charge on any atom is -0.330 e. The summed E-state index contributed by atoms with van der Waals surface area (Å²) in [5.74, 6) is -0.287. The second-order valence-electron chi connectivity index (χ2n) is 4.09. The highest BCUT2D eigenvalue weighted by Crippen LogP contribution is 2.29. The fourth-order valence-corrected chi connectivity index (χ4v) is 2.09. The van der Waals surface area contributed by atoms with Crippen molar-refractivity contribution in [2.75, 3.05) is 0 Å². The van der Waals surface area contributed by atoms with Crippen molar-refractivity contribution in [1.29, 1.82) is 0 Å². The molecule has 1 amide bonds. The number of carbonyl (C=O) groups excluding carboxylic acids is 1. The number of aromatic nitrogens is 4. The van der Waals surface area contributed by atoms with E-state index in [1.54, 1.807) is 6.20 Å². The van der Waals surface area contributed by atoms with Gasteiger partial charge in [0.25, 0.3) is 0 Å². The molecular formula is C11H11N5O. The van der Waals surface area contributed by atoms with Crippen LogP contribution in [0.5, 0.6) is 0 Å². The molecule has 3 rings (SSSR count). The van der Waals surface area contributed by atoms with E-state index in [0.29, 0.717) is 5.65 Å². The lowest BCUT2D eigenvalue weighted by molar-refractivity contribution is -0.122. The number of allylic oxidation sites excluding steroid dienone is 1. The number of H-pyrrole nitrogens is 1. The van der Waals surface area contributed by atoms with Crippen LogP contribution in [0.4, 0.5) is 0 Å². The number of carbonyl (C=O) groups is 1. The third kappa shape index (κ3) is 1.57. The summed E-state index contributed by atoms with van der Waals surface area (Å²) >= 11 is 0. The molecule has 0 bridgehead atoms. The fraction of sp³-hybridized carbons (Fsp3) is 0.273. The Morgan fingerprint density at radius 2 is 2.35 bits per heavy atom. The van der Waals surface area contributed by atoms with Crippen molar-refractivity contribution in [2.45, 2.75) is 18.8 Å². The summed E-state index contributed by atoms with van der Waals surface area (Å²) in [5.41, 5.74) is 2.12. The van der Waals surface area contributed by atoms with Crippen molar-refractivity contribution in [3.05, 3.63) is 30.2 Å². The Morgan fingerprint density at radius 3 is 3.18 bits per heavy atom. The number of hydrogen-bond acceptors (Lipinski definition) is 4. The van der Waals surface area contributed by atoms with Gasteiger partial charge in [0.2, 0.25) is 5.91 Å². The minimum atomic E-state index is -0.238. The van der Waals surface area contributed by atoms with Gasteiger partial charge >= 0.3 is 0 Å². The fourth-order valence-electron chi connectivity index (χ4n) is 2.09. The van der Waals surface area contributed by atoms with Crippen LogP contribution in [-0.2, 0) is 4.79 Å². The molecule has 1 atom stereocenters. The quantitative estimate of drug-likeness (QED) is 0.759. The number of nitrogens with one attached hydrogen (secondary N) is 2. The van der Waals surface area contributed by atoms with E-state index in [1.165, 1.54) is 0 Å². The van der Waals surface area contributed by atoms with E-state index in [2.05, 4.69) is 32.3 Å². The highest BCUT2D eigenvalue weighted by Gasteiger charge is 2.29. The highest BCUT2D eigenvalue weighted by atomic mass is 16.2. The van der Waals surface area contributed by atoms with Gasteiger partial charge in [0.05, 0.1) is 17.8 Å². The Kier molecular flexibility index (Phi) is 2.14. The van der Waals surface area contributed by atoms with Crippen LogP contribution < -0.4 is 5.32 Å². The van der Waals surface area contributed by atoms with Gasteiger partial charge in [-0.2, -0.15) is 10.2 Å². The van der Waals surface area contributed by atoms with Crippen molar-refractivity contribution in [2.24, 2.45) is 0 Å². The topological polar surface area (TPSA) is 83.6 Å². The molecule has 0 aliphatic carbocycles. The third-order valence-electron chi connectivity index (χ3n) is 2.96. The Balaban J connectivity index is 2.04. The van der Waals surface area contributed by atoms with Crippen LogP contribution in [0.3, 0.4) is 0 Å². The zero-order valence-electron chi connectivity index (χ0n) is 9.10. The molecule has 0 spiro atoms. The number of rotatable bonds is 1. The maximum Gasteiger partial charge on any atom is 0.233 e. The summed E-state index contributed by atoms with van der Waals surface area (Å²) in [7, 11) is 0. The molecule has 86 valence electrons. The first-order chi connectivity index (χ1) is 8.25. The minimum absolute atomic E-state index is 0.0496. The van der Waals surface area contributed by atoms with Gasteiger partial charge in [-0.25, -0.2) is 0 Å². The predicted octanol–water partition coefficient (Wildman–Crippen LogP) is 0.860. The van der Waals surface area contributed by atoms with Gasteiger partial charge in [0, 0.05) is 11.1 Å². The van der Waals surface area contributed by atoms with E-state index in [-0.39, 0.29) is 11.8 Å². The molecule has 0 saturated carbocycles. The van der Waals surface area contributed by atoms with Crippen LogP contribution in [0.2, 0.25) is 0 Å². The number of hydrogen-bond donors (Lipinski definition) is 2. The average Bonchev–Trinajstić information content (AvgIpc) is 2.73. The smallest absolute Gasteiger partial charge is 0.233 e. The third-order valence-corrected chi connectivity index (χ3v) is 2.96. The lowest BCUT2D eigenvalue weighted by atomic mass is 9.92. The van der Waals surface area contributed by atoms with E-state index >= 15 is 0 Å². The summed E-state index contributed by atoms with van der Waals surface area (Å²) in [4.78, 5) is 11.9. The van der Waals surface area contributed by atoms with E-state index in [9.17, 15) is 4.79 Å². The highest BCUT2D eigenvalue weighted by molar-refractivity contribution is 5.90. The molecule has 3 heterocycles. The Labute approximate surface area is 97.1 Å². The Bertz CT molecular complexity index is 603. The molecule has 1 unspecified atom stereocenters. The molecule has 1 aliphatic heterocycles. The molecule has 2 aromatic heterocycles. The SMILES string of the molecule is C=C1CCC(c2n[nH]c3nnccc23)C(=O)N1. The van der Waals surface area contributed by atoms with Crippen LogP contribution in [0.25, 0.3) is 11.0 Å². The first-order valence-corrected chi connectivity index (χ1v) is 5.40. The molecular weight excluding hydrogens is 218 g/mol. The Hall–Kier alpha value is -2.24. The molecule has 1 aliphatic rings. The number of fused-ring (bicyclic) bond motifs is 1. The van der Waals surface area contributed by atoms with Crippen LogP contribution in [0, 0.1) is 0 Å². The van der Waals surface area contributed by atoms with Gasteiger partial charge in [-0.05, 0) is 18.9 Å². The molecule has 6 heteroatoms. The molecule has 0 radical (unpaired) electrons. The summed E-state index contributed by atoms with van der Waals surface area (Å²) < 4.78 is 0. The van der Waals surface area contributed by atoms with Crippen molar-refractivity contribution >= 4 is 16.9 Å². The van der Waals surface area contributed by atoms with Gasteiger partial charge in [0.1, 0.15) is 0 Å². The van der Waals surface area contributed by atoms with Crippen LogP contribution >= 0.6 is 0 Å². The van der Waals surface area contributed by atoms with E-state index in [4.69, 9.17) is 0 Å². The van der Waals surface area contributed by atoms with Crippen molar-refractivity contribution < 1.29 is 4.79 Å². The second kappa shape index (κ2) is 3.65. The lowest BCUT2D eigenvalue weighted by Gasteiger charge is -2.22. The molecule has 0 aromatic carbocycles. The molecule has 1 fully saturated rings. The van der Waals surface area contributed by atoms with Crippen molar-refractivity contribution in [3.8, 4) is 0 Å². The zero-order valence-corrected chi connectivity index (χ0v) is 9.10. The number of aromatic amines is 1. The molecule has 6 nitrogen and oxygen atoms in total. The summed E-state index contributed by atoms with van der Waals surface area (Å²) in [5, 5.41) is 18.3. The standard InChI is InChI=1S/C11H11N5O/c1-6-2-3-8(11(17)13-6)9-7-4-5-12-15-10(7)16-14-9/h4-5,8H,1-3H2,(H,13,17)(H,14,15,16). The molecule has 2 N–H and O–H groups in total. The monoisotopic (exact) mass is 229 g/mol. The van der Waals surface area contributed by atoms with Crippen molar-refractivity contribution in [1.82, 2.24) is 25.7 Å². The van der Waals surface area contributed by atoms with Crippen LogP contribution in [0.15, 0.2) is 24.5 Å². The first kappa shape index (κ1) is 9.95. The van der Waals surface area contributed by atoms with Gasteiger partial charge in [-0.1, -0.05) is 6.58 Å². The summed E-state index contributed by atoms with van der Waals surface area (Å²) in [6.07, 6.45) is 3.11. The largest absolute Gasteiger partial charge is 0.330 e. The van der Waals surface area contributed by atoms with Gasteiger partial charge < -0.3 is 5.32 Å². The van der Waals surface area contributed by atoms with Crippen LogP contribution in [-0.4, -0.2) is 26.3 Å². The van der Waals surface area contributed by atoms with Crippen molar-refractivity contribution in [3.63, 3.8) is 0 Å². The lowest BCUT2D eigenvalue weighted by Crippen LogP contribution is -2.33. The summed E-state index contributed by atoms with van der Waals surface area (Å²) in [6.45, 7) is 3.76. The van der Waals surface area contributed by atoms with Gasteiger partial charge in [-0.3, -0.25) is 9.89 Å². The van der Waals surface area contributed by atoms with Gasteiger partial charge in [-0.15, -0.1) is 5.10 Å². The van der Waals surface area contributed by atoms with E-state index < -0.39 is 0 Å². The zero-order chi connectivity index (χ0) is 11.8. The maximum atomic E-state index is 11.9. The van der Waals surface area contributed by atoms with E-state index in [1.807, 2.05) is 6.07 Å². The predicted molar refractivity (Wildman–Crippen MR) is 60.9 cm³/mol. The Morgan fingerprint density at radius 1 is 1.47 bits per heavy atom. The second-order valence-corrected chi connectivity index (χ2v) is 4.09. The summed E-state index contributed by atoms with van der Waals surface area (Å²) in [6, 6.07) is 1.82. The molecule has 1 saturated heterocycles. The molecule has 2 aromatic rings. The average molecular weight is 229 g/mol. The van der Waals surface area contributed by atoms with Crippen LogP contribution in [0.1, 0.15) is 24.5 Å². The first-order valence-electron chi connectivity index (χ1n) is 5.40. The van der Waals surface area contributed by atoms with E-state index in [0.717, 1.165) is 29.6 Å². The van der Waals surface area contributed by atoms with Gasteiger partial charge in [0.15, 0.2) is 5.65 Å². The number of piperidine rings is 1. The molecule has 17 heavy (non-hydrogen) atoms. The normalized spacial score (nSPS) is 20.6. The maximum absolute atomic E-state index is 11.9. The number of amides is 1.